The summed E-state index contributed by atoms with van der Waals surface area (Å²) < 4.78 is 5.48. The van der Waals surface area contributed by atoms with Crippen molar-refractivity contribution >= 4 is 0 Å². The predicted octanol–water partition coefficient (Wildman–Crippen LogP) is 3.02. The van der Waals surface area contributed by atoms with Crippen LogP contribution in [0.2, 0.25) is 0 Å². The van der Waals surface area contributed by atoms with E-state index in [2.05, 4.69) is 25.1 Å². The second kappa shape index (κ2) is 4.88. The lowest BCUT2D eigenvalue weighted by Gasteiger charge is -2.14. The van der Waals surface area contributed by atoms with Crippen LogP contribution in [0, 0.1) is 0 Å². The van der Waals surface area contributed by atoms with Gasteiger partial charge in [-0.15, -0.1) is 0 Å². The Morgan fingerprint density at radius 2 is 2.19 bits per heavy atom. The van der Waals surface area contributed by atoms with Gasteiger partial charge in [-0.2, -0.15) is 0 Å². The van der Waals surface area contributed by atoms with E-state index in [-0.39, 0.29) is 0 Å². The van der Waals surface area contributed by atoms with E-state index in [9.17, 15) is 0 Å². The molecule has 1 unspecified atom stereocenters. The highest BCUT2D eigenvalue weighted by atomic mass is 16.5. The van der Waals surface area contributed by atoms with Crippen molar-refractivity contribution in [1.82, 2.24) is 0 Å². The third-order valence-electron chi connectivity index (χ3n) is 3.44. The lowest BCUT2D eigenvalue weighted by Crippen LogP contribution is -2.05. The Hall–Kier alpha value is -1.02. The van der Waals surface area contributed by atoms with E-state index in [4.69, 9.17) is 10.5 Å². The van der Waals surface area contributed by atoms with Gasteiger partial charge in [-0.25, -0.2) is 0 Å². The molecule has 0 heterocycles. The largest absolute Gasteiger partial charge is 0.496 e. The molecule has 0 aromatic heterocycles. The van der Waals surface area contributed by atoms with Crippen LogP contribution in [0.5, 0.6) is 5.75 Å². The molecular weight excluding hydrogens is 198 g/mol. The van der Waals surface area contributed by atoms with Crippen molar-refractivity contribution in [3.63, 3.8) is 0 Å². The minimum absolute atomic E-state index is 0.521. The second-order valence-electron chi connectivity index (χ2n) is 4.75. The van der Waals surface area contributed by atoms with Gasteiger partial charge < -0.3 is 10.5 Å². The minimum atomic E-state index is 0.521. The van der Waals surface area contributed by atoms with Gasteiger partial charge in [0.15, 0.2) is 0 Å². The number of nitrogens with two attached hydrogens (primary N) is 1. The molecule has 1 saturated carbocycles. The summed E-state index contributed by atoms with van der Waals surface area (Å²) in [5.74, 6) is 2.32. The van der Waals surface area contributed by atoms with Crippen LogP contribution in [-0.2, 0) is 0 Å². The average molecular weight is 219 g/mol. The van der Waals surface area contributed by atoms with E-state index in [1.165, 1.54) is 24.0 Å². The second-order valence-corrected chi connectivity index (χ2v) is 4.75. The number of hydrogen-bond donors (Lipinski definition) is 1. The lowest BCUT2D eigenvalue weighted by molar-refractivity contribution is 0.408. The first-order valence-electron chi connectivity index (χ1n) is 6.14. The van der Waals surface area contributed by atoms with Gasteiger partial charge in [0.2, 0.25) is 0 Å². The SMILES string of the molecule is COc1cc(C(C)CCN)ccc1C1CC1. The fraction of sp³-hybridized carbons (Fsp3) is 0.571. The summed E-state index contributed by atoms with van der Waals surface area (Å²) in [5.41, 5.74) is 8.31. The third kappa shape index (κ3) is 2.38. The summed E-state index contributed by atoms with van der Waals surface area (Å²) in [7, 11) is 1.76. The van der Waals surface area contributed by atoms with Crippen molar-refractivity contribution in [3.8, 4) is 5.75 Å². The molecule has 88 valence electrons. The Bertz CT molecular complexity index is 358. The maximum atomic E-state index is 5.59. The smallest absolute Gasteiger partial charge is 0.122 e. The summed E-state index contributed by atoms with van der Waals surface area (Å²) in [5, 5.41) is 0. The van der Waals surface area contributed by atoms with Crippen molar-refractivity contribution in [3.05, 3.63) is 29.3 Å². The van der Waals surface area contributed by atoms with Crippen LogP contribution >= 0.6 is 0 Å². The molecule has 0 aliphatic heterocycles. The van der Waals surface area contributed by atoms with Gasteiger partial charge in [0.25, 0.3) is 0 Å². The average Bonchev–Trinajstić information content (AvgIpc) is 3.12. The van der Waals surface area contributed by atoms with Gasteiger partial charge in [-0.3, -0.25) is 0 Å². The van der Waals surface area contributed by atoms with Gasteiger partial charge in [0.1, 0.15) is 5.75 Å². The molecule has 0 amide bonds. The molecule has 1 aromatic carbocycles. The van der Waals surface area contributed by atoms with E-state index < -0.39 is 0 Å². The molecule has 1 atom stereocenters. The van der Waals surface area contributed by atoms with Gasteiger partial charge in [-0.05, 0) is 54.8 Å². The van der Waals surface area contributed by atoms with E-state index in [1.807, 2.05) is 0 Å². The minimum Gasteiger partial charge on any atom is -0.496 e. The molecule has 2 heteroatoms. The number of hydrogen-bond acceptors (Lipinski definition) is 2. The lowest BCUT2D eigenvalue weighted by atomic mass is 9.95. The summed E-state index contributed by atoms with van der Waals surface area (Å²) in [4.78, 5) is 0. The van der Waals surface area contributed by atoms with Gasteiger partial charge in [0.05, 0.1) is 7.11 Å². The molecule has 0 spiro atoms. The first kappa shape index (κ1) is 11.5. The summed E-state index contributed by atoms with van der Waals surface area (Å²) in [6.45, 7) is 2.96. The highest BCUT2D eigenvalue weighted by molar-refractivity contribution is 5.42. The molecule has 2 rings (SSSR count). The monoisotopic (exact) mass is 219 g/mol. The van der Waals surface area contributed by atoms with Gasteiger partial charge in [0, 0.05) is 0 Å². The Morgan fingerprint density at radius 1 is 1.44 bits per heavy atom. The van der Waals surface area contributed by atoms with Crippen LogP contribution in [0.4, 0.5) is 0 Å². The highest BCUT2D eigenvalue weighted by Crippen LogP contribution is 2.44. The van der Waals surface area contributed by atoms with Crippen molar-refractivity contribution in [2.45, 2.75) is 38.0 Å². The predicted molar refractivity (Wildman–Crippen MR) is 67.1 cm³/mol. The number of ether oxygens (including phenoxy) is 1. The molecule has 0 bridgehead atoms. The molecule has 0 saturated heterocycles. The van der Waals surface area contributed by atoms with Crippen molar-refractivity contribution in [1.29, 1.82) is 0 Å². The fourth-order valence-corrected chi connectivity index (χ4v) is 2.18. The van der Waals surface area contributed by atoms with Crippen molar-refractivity contribution in [2.75, 3.05) is 13.7 Å². The quantitative estimate of drug-likeness (QED) is 0.826. The Morgan fingerprint density at radius 3 is 2.75 bits per heavy atom. The zero-order valence-electron chi connectivity index (χ0n) is 10.2. The van der Waals surface area contributed by atoms with Gasteiger partial charge >= 0.3 is 0 Å². The molecule has 16 heavy (non-hydrogen) atoms. The van der Waals surface area contributed by atoms with Crippen molar-refractivity contribution in [2.24, 2.45) is 5.73 Å². The molecule has 0 radical (unpaired) electrons. The van der Waals surface area contributed by atoms with Crippen LogP contribution in [0.3, 0.4) is 0 Å². The normalized spacial score (nSPS) is 17.2. The first-order valence-corrected chi connectivity index (χ1v) is 6.14. The van der Waals surface area contributed by atoms with Crippen LogP contribution in [0.1, 0.15) is 49.1 Å². The number of benzene rings is 1. The molecule has 2 nitrogen and oxygen atoms in total. The Balaban J connectivity index is 2.21. The number of methoxy groups -OCH3 is 1. The molecule has 2 N–H and O–H groups in total. The zero-order valence-corrected chi connectivity index (χ0v) is 10.2. The zero-order chi connectivity index (χ0) is 11.5. The van der Waals surface area contributed by atoms with E-state index >= 15 is 0 Å². The molecule has 1 aromatic rings. The first-order chi connectivity index (χ1) is 7.76. The van der Waals surface area contributed by atoms with E-state index in [0.29, 0.717) is 5.92 Å². The standard InChI is InChI=1S/C14H21NO/c1-10(7-8-15)12-5-6-13(11-3-4-11)14(9-12)16-2/h5-6,9-11H,3-4,7-8,15H2,1-2H3. The van der Waals surface area contributed by atoms with E-state index in [0.717, 1.165) is 24.6 Å². The molecule has 1 aliphatic rings. The third-order valence-corrected chi connectivity index (χ3v) is 3.44. The summed E-state index contributed by atoms with van der Waals surface area (Å²) >= 11 is 0. The van der Waals surface area contributed by atoms with Crippen molar-refractivity contribution < 1.29 is 4.74 Å². The topological polar surface area (TPSA) is 35.2 Å². The van der Waals surface area contributed by atoms with Crippen LogP contribution in [-0.4, -0.2) is 13.7 Å². The molecule has 1 fully saturated rings. The van der Waals surface area contributed by atoms with Gasteiger partial charge in [-0.1, -0.05) is 19.1 Å². The molecular formula is C14H21NO. The maximum absolute atomic E-state index is 5.59. The van der Waals surface area contributed by atoms with E-state index in [1.54, 1.807) is 7.11 Å². The summed E-state index contributed by atoms with van der Waals surface area (Å²) in [6, 6.07) is 6.66. The molecule has 1 aliphatic carbocycles. The Kier molecular flexibility index (Phi) is 3.49. The summed E-state index contributed by atoms with van der Waals surface area (Å²) in [6.07, 6.45) is 3.66. The highest BCUT2D eigenvalue weighted by Gasteiger charge is 2.26. The number of rotatable bonds is 5. The maximum Gasteiger partial charge on any atom is 0.122 e. The van der Waals surface area contributed by atoms with Crippen LogP contribution in [0.15, 0.2) is 18.2 Å². The Labute approximate surface area is 97.8 Å². The fourth-order valence-electron chi connectivity index (χ4n) is 2.18. The van der Waals surface area contributed by atoms with Crippen LogP contribution in [0.25, 0.3) is 0 Å². The van der Waals surface area contributed by atoms with Crippen LogP contribution < -0.4 is 10.5 Å².